The van der Waals surface area contributed by atoms with E-state index in [1.165, 1.54) is 25.7 Å². The summed E-state index contributed by atoms with van der Waals surface area (Å²) in [6.07, 6.45) is 11.0. The Kier molecular flexibility index (Phi) is 3.73. The zero-order valence-electron chi connectivity index (χ0n) is 14.3. The van der Waals surface area contributed by atoms with Crippen LogP contribution < -0.4 is 0 Å². The quantitative estimate of drug-likeness (QED) is 0.565. The first-order chi connectivity index (χ1) is 12.9. The van der Waals surface area contributed by atoms with Crippen molar-refractivity contribution in [1.29, 1.82) is 0 Å². The molecule has 0 atom stereocenters. The topological polar surface area (TPSA) is 98.3 Å². The predicted octanol–water partition coefficient (Wildman–Crippen LogP) is 3.77. The first-order valence-electron chi connectivity index (χ1n) is 9.06. The average molecular weight is 349 g/mol. The summed E-state index contributed by atoms with van der Waals surface area (Å²) in [5, 5.41) is 12.6. The molecule has 0 bridgehead atoms. The van der Waals surface area contributed by atoms with Crippen molar-refractivity contribution in [2.75, 3.05) is 0 Å². The smallest absolute Gasteiger partial charge is 0.280 e. The van der Waals surface area contributed by atoms with E-state index in [9.17, 15) is 0 Å². The lowest BCUT2D eigenvalue weighted by atomic mass is 10.1. The highest BCUT2D eigenvalue weighted by Gasteiger charge is 2.19. The molecule has 1 aliphatic rings. The van der Waals surface area contributed by atoms with E-state index in [4.69, 9.17) is 4.52 Å². The summed E-state index contributed by atoms with van der Waals surface area (Å²) in [4.78, 5) is 11.8. The van der Waals surface area contributed by atoms with Gasteiger partial charge in [0.1, 0.15) is 0 Å². The van der Waals surface area contributed by atoms with Gasteiger partial charge in [-0.3, -0.25) is 0 Å². The minimum Gasteiger partial charge on any atom is -0.345 e. The third kappa shape index (κ3) is 2.77. The summed E-state index contributed by atoms with van der Waals surface area (Å²) < 4.78 is 7.38. The Morgan fingerprint density at radius 2 is 2.00 bits per heavy atom. The number of nitrogens with one attached hydrogen (secondary N) is 1. The van der Waals surface area contributed by atoms with E-state index in [0.29, 0.717) is 23.5 Å². The molecule has 0 radical (unpaired) electrons. The minimum absolute atomic E-state index is 0.393. The van der Waals surface area contributed by atoms with Crippen LogP contribution in [-0.2, 0) is 0 Å². The molecule has 0 aliphatic heterocycles. The summed E-state index contributed by atoms with van der Waals surface area (Å²) in [6.45, 7) is 0. The SMILES string of the molecule is c1nc2ccc(-c3noc(-c4cn(C5CCCCCC5)nn4)n3)cc2[nH]1. The van der Waals surface area contributed by atoms with Gasteiger partial charge in [-0.2, -0.15) is 4.98 Å². The van der Waals surface area contributed by atoms with Gasteiger partial charge in [-0.25, -0.2) is 9.67 Å². The summed E-state index contributed by atoms with van der Waals surface area (Å²) in [7, 11) is 0. The normalized spacial score (nSPS) is 16.2. The van der Waals surface area contributed by atoms with Crippen molar-refractivity contribution in [3.63, 3.8) is 0 Å². The van der Waals surface area contributed by atoms with Crippen LogP contribution in [0.3, 0.4) is 0 Å². The fourth-order valence-corrected chi connectivity index (χ4v) is 3.59. The molecule has 3 aromatic heterocycles. The summed E-state index contributed by atoms with van der Waals surface area (Å²) in [5.74, 6) is 0.921. The highest BCUT2D eigenvalue weighted by Crippen LogP contribution is 2.28. The molecule has 3 heterocycles. The first kappa shape index (κ1) is 15.2. The van der Waals surface area contributed by atoms with Gasteiger partial charge in [0.25, 0.3) is 5.89 Å². The number of hydrogen-bond acceptors (Lipinski definition) is 6. The molecular formula is C18H19N7O. The Balaban J connectivity index is 1.41. The van der Waals surface area contributed by atoms with Gasteiger partial charge in [-0.1, -0.05) is 36.1 Å². The maximum absolute atomic E-state index is 5.42. The van der Waals surface area contributed by atoms with Gasteiger partial charge < -0.3 is 9.51 Å². The van der Waals surface area contributed by atoms with Crippen molar-refractivity contribution >= 4 is 11.0 Å². The number of aromatic amines is 1. The second-order valence-electron chi connectivity index (χ2n) is 6.79. The zero-order chi connectivity index (χ0) is 17.3. The van der Waals surface area contributed by atoms with Crippen LogP contribution in [0.25, 0.3) is 34.0 Å². The van der Waals surface area contributed by atoms with Gasteiger partial charge in [-0.15, -0.1) is 5.10 Å². The predicted molar refractivity (Wildman–Crippen MR) is 95.1 cm³/mol. The molecule has 132 valence electrons. The molecule has 26 heavy (non-hydrogen) atoms. The molecule has 8 heteroatoms. The molecule has 0 spiro atoms. The molecule has 1 N–H and O–H groups in total. The lowest BCUT2D eigenvalue weighted by Crippen LogP contribution is -2.08. The Bertz CT molecular complexity index is 1020. The fourth-order valence-electron chi connectivity index (χ4n) is 3.59. The van der Waals surface area contributed by atoms with E-state index in [2.05, 4.69) is 30.4 Å². The largest absolute Gasteiger partial charge is 0.345 e. The van der Waals surface area contributed by atoms with Gasteiger partial charge >= 0.3 is 0 Å². The molecule has 8 nitrogen and oxygen atoms in total. The van der Waals surface area contributed by atoms with E-state index in [1.807, 2.05) is 29.1 Å². The van der Waals surface area contributed by atoms with Crippen LogP contribution in [0, 0.1) is 0 Å². The number of fused-ring (bicyclic) bond motifs is 1. The summed E-state index contributed by atoms with van der Waals surface area (Å²) in [5.41, 5.74) is 3.33. The van der Waals surface area contributed by atoms with Gasteiger partial charge in [0, 0.05) is 5.56 Å². The van der Waals surface area contributed by atoms with Crippen molar-refractivity contribution in [3.8, 4) is 23.0 Å². The molecule has 0 saturated heterocycles. The van der Waals surface area contributed by atoms with Crippen molar-refractivity contribution in [2.45, 2.75) is 44.6 Å². The first-order valence-corrected chi connectivity index (χ1v) is 9.06. The van der Waals surface area contributed by atoms with Crippen LogP contribution >= 0.6 is 0 Å². The van der Waals surface area contributed by atoms with Gasteiger partial charge in [0.15, 0.2) is 5.69 Å². The molecule has 1 aliphatic carbocycles. The molecule has 4 aromatic rings. The van der Waals surface area contributed by atoms with E-state index in [-0.39, 0.29) is 0 Å². The van der Waals surface area contributed by atoms with Crippen LogP contribution in [0.1, 0.15) is 44.6 Å². The molecule has 1 fully saturated rings. The summed E-state index contributed by atoms with van der Waals surface area (Å²) in [6, 6.07) is 6.24. The highest BCUT2D eigenvalue weighted by molar-refractivity contribution is 5.80. The number of imidazole rings is 1. The number of hydrogen-bond donors (Lipinski definition) is 1. The fraction of sp³-hybridized carbons (Fsp3) is 0.389. The monoisotopic (exact) mass is 349 g/mol. The van der Waals surface area contributed by atoms with E-state index < -0.39 is 0 Å². The average Bonchev–Trinajstić information content (AvgIpc) is 3.38. The van der Waals surface area contributed by atoms with Crippen molar-refractivity contribution in [2.24, 2.45) is 0 Å². The lowest BCUT2D eigenvalue weighted by molar-refractivity contribution is 0.396. The van der Waals surface area contributed by atoms with Gasteiger partial charge in [0.2, 0.25) is 5.82 Å². The van der Waals surface area contributed by atoms with E-state index in [1.54, 1.807) is 6.33 Å². The highest BCUT2D eigenvalue weighted by atomic mass is 16.5. The van der Waals surface area contributed by atoms with Gasteiger partial charge in [-0.05, 0) is 31.0 Å². The zero-order valence-corrected chi connectivity index (χ0v) is 14.3. The van der Waals surface area contributed by atoms with E-state index in [0.717, 1.165) is 29.4 Å². The second-order valence-corrected chi connectivity index (χ2v) is 6.79. The maximum atomic E-state index is 5.42. The maximum Gasteiger partial charge on any atom is 0.280 e. The van der Waals surface area contributed by atoms with E-state index >= 15 is 0 Å². The number of nitrogens with zero attached hydrogens (tertiary/aromatic N) is 6. The number of rotatable bonds is 3. The molecule has 5 rings (SSSR count). The lowest BCUT2D eigenvalue weighted by Gasteiger charge is -2.12. The van der Waals surface area contributed by atoms with Crippen molar-refractivity contribution in [3.05, 3.63) is 30.7 Å². The van der Waals surface area contributed by atoms with Crippen LogP contribution in [0.2, 0.25) is 0 Å². The van der Waals surface area contributed by atoms with Crippen molar-refractivity contribution < 1.29 is 4.52 Å². The molecule has 1 saturated carbocycles. The van der Waals surface area contributed by atoms with Crippen molar-refractivity contribution in [1.82, 2.24) is 35.1 Å². The van der Waals surface area contributed by atoms with Crippen LogP contribution in [-0.4, -0.2) is 35.1 Å². The van der Waals surface area contributed by atoms with Crippen LogP contribution in [0.5, 0.6) is 0 Å². The molecule has 1 aromatic carbocycles. The Hall–Kier alpha value is -3.03. The number of aromatic nitrogens is 7. The standard InChI is InChI=1S/C18H19N7O/c1-2-4-6-13(5-3-1)25-10-16(22-24-25)18-21-17(23-26-18)12-7-8-14-15(9-12)20-11-19-14/h7-11,13H,1-6H2,(H,19,20). The Labute approximate surface area is 149 Å². The Morgan fingerprint density at radius 1 is 1.12 bits per heavy atom. The molecule has 0 amide bonds. The van der Waals surface area contributed by atoms with Crippen LogP contribution in [0.15, 0.2) is 35.2 Å². The summed E-state index contributed by atoms with van der Waals surface area (Å²) >= 11 is 0. The number of H-pyrrole nitrogens is 1. The van der Waals surface area contributed by atoms with Gasteiger partial charge in [0.05, 0.1) is 29.6 Å². The second kappa shape index (κ2) is 6.36. The third-order valence-electron chi connectivity index (χ3n) is 5.03. The number of benzene rings is 1. The Morgan fingerprint density at radius 3 is 2.88 bits per heavy atom. The third-order valence-corrected chi connectivity index (χ3v) is 5.03. The molecular weight excluding hydrogens is 330 g/mol. The minimum atomic E-state index is 0.393. The van der Waals surface area contributed by atoms with Crippen LogP contribution in [0.4, 0.5) is 0 Å². The molecule has 0 unspecified atom stereocenters.